The third kappa shape index (κ3) is 3.60. The number of aryl methyl sites for hydroxylation is 1. The van der Waals surface area contributed by atoms with E-state index >= 15 is 0 Å². The van der Waals surface area contributed by atoms with Gasteiger partial charge in [-0.15, -0.1) is 0 Å². The molecule has 0 unspecified atom stereocenters. The number of carbonyl (C=O) groups excluding carboxylic acids is 1. The summed E-state index contributed by atoms with van der Waals surface area (Å²) in [4.78, 5) is 23.5. The molecule has 1 amide bonds. The summed E-state index contributed by atoms with van der Waals surface area (Å²) in [7, 11) is 1.45. The molecule has 1 heterocycles. The van der Waals surface area contributed by atoms with Gasteiger partial charge in [0.05, 0.1) is 6.61 Å². The Labute approximate surface area is 150 Å². The maximum atomic E-state index is 12.0. The largest absolute Gasteiger partial charge is 0.478 e. The van der Waals surface area contributed by atoms with Crippen LogP contribution in [0.15, 0.2) is 57.7 Å². The highest BCUT2D eigenvalue weighted by molar-refractivity contribution is 5.94. The van der Waals surface area contributed by atoms with E-state index in [-0.39, 0.29) is 6.61 Å². The van der Waals surface area contributed by atoms with Gasteiger partial charge in [0.1, 0.15) is 11.3 Å². The van der Waals surface area contributed by atoms with Crippen molar-refractivity contribution in [3.05, 3.63) is 64.5 Å². The Morgan fingerprint density at radius 3 is 2.62 bits per heavy atom. The number of benzene rings is 2. The van der Waals surface area contributed by atoms with E-state index in [0.29, 0.717) is 11.3 Å². The molecule has 0 fully saturated rings. The van der Waals surface area contributed by atoms with Gasteiger partial charge < -0.3 is 19.6 Å². The fourth-order valence-corrected chi connectivity index (χ4v) is 2.80. The minimum Gasteiger partial charge on any atom is -0.478 e. The standard InChI is InChI=1S/C20H19NO5/c1-12-5-3-4-6-14(12)16-10-19(22)26-17-9-13(7-8-15(16)17)25-18(11-24-2)20(21)23/h3-10,18H,11H2,1-2H3,(H2,21,23)/t18-/m1/s1. The van der Waals surface area contributed by atoms with Crippen molar-refractivity contribution < 1.29 is 18.7 Å². The average molecular weight is 353 g/mol. The van der Waals surface area contributed by atoms with E-state index in [1.54, 1.807) is 18.2 Å². The number of nitrogens with two attached hydrogens (primary N) is 1. The third-order valence-corrected chi connectivity index (χ3v) is 4.06. The molecule has 0 aliphatic carbocycles. The van der Waals surface area contributed by atoms with Gasteiger partial charge in [0.15, 0.2) is 6.10 Å². The van der Waals surface area contributed by atoms with Crippen molar-refractivity contribution in [3.8, 4) is 16.9 Å². The molecule has 6 nitrogen and oxygen atoms in total. The molecule has 1 aromatic heterocycles. The zero-order valence-corrected chi connectivity index (χ0v) is 14.5. The van der Waals surface area contributed by atoms with Crippen molar-refractivity contribution >= 4 is 16.9 Å². The van der Waals surface area contributed by atoms with Gasteiger partial charge in [-0.25, -0.2) is 4.79 Å². The predicted molar refractivity (Wildman–Crippen MR) is 98.1 cm³/mol. The van der Waals surface area contributed by atoms with Gasteiger partial charge >= 0.3 is 5.63 Å². The fraction of sp³-hybridized carbons (Fsp3) is 0.200. The lowest BCUT2D eigenvalue weighted by Crippen LogP contribution is -2.37. The van der Waals surface area contributed by atoms with Gasteiger partial charge in [-0.2, -0.15) is 0 Å². The van der Waals surface area contributed by atoms with E-state index in [2.05, 4.69) is 0 Å². The zero-order valence-electron chi connectivity index (χ0n) is 14.5. The maximum Gasteiger partial charge on any atom is 0.336 e. The molecule has 0 radical (unpaired) electrons. The summed E-state index contributed by atoms with van der Waals surface area (Å²) in [6, 6.07) is 14.3. The van der Waals surface area contributed by atoms with Crippen LogP contribution < -0.4 is 16.1 Å². The van der Waals surface area contributed by atoms with Crippen LogP contribution in [0.5, 0.6) is 5.75 Å². The molecule has 134 valence electrons. The average Bonchev–Trinajstić information content (AvgIpc) is 2.60. The molecule has 0 bridgehead atoms. The first-order chi connectivity index (χ1) is 12.5. The second kappa shape index (κ2) is 7.41. The van der Waals surface area contributed by atoms with E-state index in [1.807, 2.05) is 31.2 Å². The summed E-state index contributed by atoms with van der Waals surface area (Å²) in [5, 5.41) is 0.772. The maximum absolute atomic E-state index is 12.0. The number of methoxy groups -OCH3 is 1. The molecule has 0 aliphatic heterocycles. The van der Waals surface area contributed by atoms with E-state index in [4.69, 9.17) is 19.6 Å². The van der Waals surface area contributed by atoms with Gasteiger partial charge in [-0.3, -0.25) is 4.79 Å². The number of fused-ring (bicyclic) bond motifs is 1. The zero-order chi connectivity index (χ0) is 18.7. The Hall–Kier alpha value is -3.12. The quantitative estimate of drug-likeness (QED) is 0.688. The van der Waals surface area contributed by atoms with Crippen LogP contribution in [0, 0.1) is 6.92 Å². The Kier molecular flexibility index (Phi) is 5.04. The molecule has 3 rings (SSSR count). The first kappa shape index (κ1) is 17.7. The Morgan fingerprint density at radius 1 is 1.15 bits per heavy atom. The molecule has 0 spiro atoms. The van der Waals surface area contributed by atoms with Gasteiger partial charge in [-0.05, 0) is 30.2 Å². The molecule has 26 heavy (non-hydrogen) atoms. The normalized spacial score (nSPS) is 12.1. The van der Waals surface area contributed by atoms with Gasteiger partial charge in [0.2, 0.25) is 0 Å². The van der Waals surface area contributed by atoms with Crippen LogP contribution in [0.3, 0.4) is 0 Å². The summed E-state index contributed by atoms with van der Waals surface area (Å²) >= 11 is 0. The van der Waals surface area contributed by atoms with E-state index < -0.39 is 17.6 Å². The van der Waals surface area contributed by atoms with Crippen molar-refractivity contribution in [2.24, 2.45) is 5.73 Å². The molecular formula is C20H19NO5. The number of ether oxygens (including phenoxy) is 2. The van der Waals surface area contributed by atoms with Gasteiger partial charge in [-0.1, -0.05) is 24.3 Å². The predicted octanol–water partition coefficient (Wildman–Crippen LogP) is 2.65. The number of amides is 1. The molecule has 3 aromatic rings. The summed E-state index contributed by atoms with van der Waals surface area (Å²) in [6.07, 6.45) is -0.927. The molecule has 0 aliphatic rings. The van der Waals surface area contributed by atoms with Crippen LogP contribution in [0.4, 0.5) is 0 Å². The minimum atomic E-state index is -0.927. The van der Waals surface area contributed by atoms with Gasteiger partial charge in [0, 0.05) is 30.2 Å². The summed E-state index contributed by atoms with van der Waals surface area (Å²) in [6.45, 7) is 2.01. The van der Waals surface area contributed by atoms with Crippen molar-refractivity contribution in [2.45, 2.75) is 13.0 Å². The summed E-state index contributed by atoms with van der Waals surface area (Å²) in [5.74, 6) is -0.273. The van der Waals surface area contributed by atoms with Crippen LogP contribution in [0.1, 0.15) is 5.56 Å². The van der Waals surface area contributed by atoms with E-state index in [1.165, 1.54) is 13.2 Å². The highest BCUT2D eigenvalue weighted by atomic mass is 16.5. The smallest absolute Gasteiger partial charge is 0.336 e. The molecule has 1 atom stereocenters. The van der Waals surface area contributed by atoms with Crippen LogP contribution in [0.25, 0.3) is 22.1 Å². The first-order valence-corrected chi connectivity index (χ1v) is 8.08. The molecule has 6 heteroatoms. The lowest BCUT2D eigenvalue weighted by Gasteiger charge is -2.15. The van der Waals surface area contributed by atoms with Crippen molar-refractivity contribution in [3.63, 3.8) is 0 Å². The topological polar surface area (TPSA) is 91.8 Å². The van der Waals surface area contributed by atoms with Crippen LogP contribution in [0.2, 0.25) is 0 Å². The first-order valence-electron chi connectivity index (χ1n) is 8.08. The highest BCUT2D eigenvalue weighted by Crippen LogP contribution is 2.31. The number of hydrogen-bond donors (Lipinski definition) is 1. The SMILES string of the molecule is COC[C@@H](Oc1ccc2c(-c3ccccc3C)cc(=O)oc2c1)C(N)=O. The van der Waals surface area contributed by atoms with Crippen molar-refractivity contribution in [1.82, 2.24) is 0 Å². The molecule has 0 saturated heterocycles. The number of rotatable bonds is 6. The Morgan fingerprint density at radius 2 is 1.92 bits per heavy atom. The van der Waals surface area contributed by atoms with Gasteiger partial charge in [0.25, 0.3) is 5.91 Å². The fourth-order valence-electron chi connectivity index (χ4n) is 2.80. The third-order valence-electron chi connectivity index (χ3n) is 4.06. The van der Waals surface area contributed by atoms with E-state index in [9.17, 15) is 9.59 Å². The highest BCUT2D eigenvalue weighted by Gasteiger charge is 2.18. The second-order valence-electron chi connectivity index (χ2n) is 5.92. The lowest BCUT2D eigenvalue weighted by molar-refractivity contribution is -0.126. The van der Waals surface area contributed by atoms with Crippen molar-refractivity contribution in [2.75, 3.05) is 13.7 Å². The number of carbonyl (C=O) groups is 1. The minimum absolute atomic E-state index is 0.0283. The molecular weight excluding hydrogens is 334 g/mol. The lowest BCUT2D eigenvalue weighted by atomic mass is 9.98. The molecule has 2 aromatic carbocycles. The molecule has 2 N–H and O–H groups in total. The van der Waals surface area contributed by atoms with E-state index in [0.717, 1.165) is 22.1 Å². The Balaban J connectivity index is 2.08. The summed E-state index contributed by atoms with van der Waals surface area (Å²) < 4.78 is 15.8. The monoisotopic (exact) mass is 353 g/mol. The molecule has 0 saturated carbocycles. The number of primary amides is 1. The second-order valence-corrected chi connectivity index (χ2v) is 5.92. The van der Waals surface area contributed by atoms with Crippen LogP contribution in [-0.2, 0) is 9.53 Å². The summed E-state index contributed by atoms with van der Waals surface area (Å²) in [5.41, 5.74) is 8.00. The number of hydrogen-bond acceptors (Lipinski definition) is 5. The Bertz CT molecular complexity index is 1010. The van der Waals surface area contributed by atoms with Crippen LogP contribution >= 0.6 is 0 Å². The van der Waals surface area contributed by atoms with Crippen LogP contribution in [-0.4, -0.2) is 25.7 Å². The van der Waals surface area contributed by atoms with Crippen molar-refractivity contribution in [1.29, 1.82) is 0 Å².